The zero-order valence-corrected chi connectivity index (χ0v) is 18.2. The number of carbonyl (C=O) groups is 2. The number of hydrogen-bond acceptors (Lipinski definition) is 4. The van der Waals surface area contributed by atoms with Crippen LogP contribution in [0.25, 0.3) is 11.3 Å². The maximum Gasteiger partial charge on any atom is 0.269 e. The standard InChI is InChI=1S/C23H32N4O3/c1-14(2)22(28)25-13-15-5-7-17(8-6-15)21-26-19(20(27-21)23(29)24-3)16-9-11-18(30-4)12-10-16/h9-12,14-15,17H,5-8,13H2,1-4H3,(H,24,29)(H,25,28)(H,26,27). The van der Waals surface area contributed by atoms with Gasteiger partial charge in [0.2, 0.25) is 5.91 Å². The van der Waals surface area contributed by atoms with Gasteiger partial charge >= 0.3 is 0 Å². The van der Waals surface area contributed by atoms with E-state index in [2.05, 4.69) is 15.6 Å². The maximum atomic E-state index is 12.4. The van der Waals surface area contributed by atoms with Crippen molar-refractivity contribution in [1.29, 1.82) is 0 Å². The number of H-pyrrole nitrogens is 1. The molecule has 0 aliphatic heterocycles. The molecule has 3 N–H and O–H groups in total. The first-order chi connectivity index (χ1) is 14.4. The first kappa shape index (κ1) is 21.9. The summed E-state index contributed by atoms with van der Waals surface area (Å²) in [6, 6.07) is 7.57. The van der Waals surface area contributed by atoms with Crippen LogP contribution in [-0.2, 0) is 4.79 Å². The van der Waals surface area contributed by atoms with E-state index < -0.39 is 0 Å². The molecule has 0 radical (unpaired) electrons. The monoisotopic (exact) mass is 412 g/mol. The van der Waals surface area contributed by atoms with Crippen LogP contribution in [0.3, 0.4) is 0 Å². The minimum atomic E-state index is -0.176. The number of aromatic nitrogens is 2. The fraction of sp³-hybridized carbons (Fsp3) is 0.522. The van der Waals surface area contributed by atoms with E-state index in [1.54, 1.807) is 14.2 Å². The van der Waals surface area contributed by atoms with Crippen molar-refractivity contribution in [2.75, 3.05) is 20.7 Å². The Balaban J connectivity index is 1.71. The Morgan fingerprint density at radius 2 is 1.83 bits per heavy atom. The van der Waals surface area contributed by atoms with Crippen molar-refractivity contribution in [2.45, 2.75) is 45.4 Å². The third-order valence-electron chi connectivity index (χ3n) is 5.86. The number of imidazole rings is 1. The van der Waals surface area contributed by atoms with Gasteiger partial charge in [-0.3, -0.25) is 9.59 Å². The highest BCUT2D eigenvalue weighted by Crippen LogP contribution is 2.36. The van der Waals surface area contributed by atoms with Crippen LogP contribution in [0, 0.1) is 11.8 Å². The van der Waals surface area contributed by atoms with Crippen LogP contribution in [0.15, 0.2) is 24.3 Å². The van der Waals surface area contributed by atoms with Crippen LogP contribution < -0.4 is 15.4 Å². The van der Waals surface area contributed by atoms with Crippen molar-refractivity contribution in [3.8, 4) is 17.0 Å². The average Bonchev–Trinajstić information content (AvgIpc) is 3.22. The smallest absolute Gasteiger partial charge is 0.269 e. The Hall–Kier alpha value is -2.83. The minimum Gasteiger partial charge on any atom is -0.497 e. The molecule has 7 nitrogen and oxygen atoms in total. The van der Waals surface area contributed by atoms with Crippen molar-refractivity contribution in [1.82, 2.24) is 20.6 Å². The second kappa shape index (κ2) is 9.78. The average molecular weight is 413 g/mol. The fourth-order valence-electron chi connectivity index (χ4n) is 3.92. The number of aromatic amines is 1. The van der Waals surface area contributed by atoms with Gasteiger partial charge < -0.3 is 20.4 Å². The fourth-order valence-corrected chi connectivity index (χ4v) is 3.92. The first-order valence-corrected chi connectivity index (χ1v) is 10.7. The zero-order valence-electron chi connectivity index (χ0n) is 18.2. The molecule has 1 aliphatic rings. The molecule has 1 fully saturated rings. The molecule has 0 saturated heterocycles. The molecule has 162 valence electrons. The van der Waals surface area contributed by atoms with Gasteiger partial charge in [0.1, 0.15) is 23.0 Å². The molecule has 1 aliphatic carbocycles. The number of ether oxygens (including phenoxy) is 1. The number of rotatable bonds is 7. The molecule has 0 bridgehead atoms. The Morgan fingerprint density at radius 1 is 1.17 bits per heavy atom. The van der Waals surface area contributed by atoms with Crippen LogP contribution in [0.5, 0.6) is 5.75 Å². The van der Waals surface area contributed by atoms with Crippen LogP contribution >= 0.6 is 0 Å². The van der Waals surface area contributed by atoms with Crippen molar-refractivity contribution < 1.29 is 14.3 Å². The first-order valence-electron chi connectivity index (χ1n) is 10.7. The van der Waals surface area contributed by atoms with Gasteiger partial charge in [-0.2, -0.15) is 0 Å². The Bertz CT molecular complexity index is 865. The Labute approximate surface area is 178 Å². The topological polar surface area (TPSA) is 96.1 Å². The highest BCUT2D eigenvalue weighted by molar-refractivity contribution is 5.98. The number of carbonyl (C=O) groups excluding carboxylic acids is 2. The van der Waals surface area contributed by atoms with Gasteiger partial charge in [-0.05, 0) is 55.9 Å². The lowest BCUT2D eigenvalue weighted by Crippen LogP contribution is -2.33. The summed E-state index contributed by atoms with van der Waals surface area (Å²) in [6.07, 6.45) is 4.06. The minimum absolute atomic E-state index is 0.0176. The summed E-state index contributed by atoms with van der Waals surface area (Å²) in [6.45, 7) is 4.56. The lowest BCUT2D eigenvalue weighted by Gasteiger charge is -2.27. The van der Waals surface area contributed by atoms with Gasteiger partial charge in [-0.15, -0.1) is 0 Å². The van der Waals surface area contributed by atoms with E-state index in [0.29, 0.717) is 17.3 Å². The van der Waals surface area contributed by atoms with E-state index in [1.807, 2.05) is 38.1 Å². The van der Waals surface area contributed by atoms with Gasteiger partial charge in [-0.25, -0.2) is 4.98 Å². The lowest BCUT2D eigenvalue weighted by molar-refractivity contribution is -0.124. The van der Waals surface area contributed by atoms with E-state index >= 15 is 0 Å². The Morgan fingerprint density at radius 3 is 2.40 bits per heavy atom. The molecule has 0 atom stereocenters. The van der Waals surface area contributed by atoms with Crippen LogP contribution in [0.2, 0.25) is 0 Å². The molecule has 1 aromatic carbocycles. The quantitative estimate of drug-likeness (QED) is 0.649. The van der Waals surface area contributed by atoms with E-state index in [4.69, 9.17) is 9.72 Å². The molecule has 3 rings (SSSR count). The molecule has 2 aromatic rings. The summed E-state index contributed by atoms with van der Waals surface area (Å²) >= 11 is 0. The summed E-state index contributed by atoms with van der Waals surface area (Å²) in [7, 11) is 3.25. The summed E-state index contributed by atoms with van der Waals surface area (Å²) in [5, 5.41) is 5.75. The SMILES string of the molecule is CNC(=O)c1[nH]c(C2CCC(CNC(=O)C(C)C)CC2)nc1-c1ccc(OC)cc1. The van der Waals surface area contributed by atoms with Crippen LogP contribution in [-0.4, -0.2) is 42.5 Å². The molecule has 1 saturated carbocycles. The normalized spacial score (nSPS) is 18.8. The third kappa shape index (κ3) is 5.01. The number of nitrogens with zero attached hydrogens (tertiary/aromatic N) is 1. The summed E-state index contributed by atoms with van der Waals surface area (Å²) in [5.41, 5.74) is 2.03. The zero-order chi connectivity index (χ0) is 21.7. The highest BCUT2D eigenvalue weighted by atomic mass is 16.5. The molecule has 1 aromatic heterocycles. The summed E-state index contributed by atoms with van der Waals surface area (Å²) in [4.78, 5) is 32.4. The van der Waals surface area contributed by atoms with Crippen molar-refractivity contribution in [3.05, 3.63) is 35.8 Å². The molecule has 7 heteroatoms. The van der Waals surface area contributed by atoms with Crippen LogP contribution in [0.1, 0.15) is 61.8 Å². The summed E-state index contributed by atoms with van der Waals surface area (Å²) < 4.78 is 5.23. The van der Waals surface area contributed by atoms with Gasteiger partial charge in [0.05, 0.1) is 7.11 Å². The van der Waals surface area contributed by atoms with E-state index in [0.717, 1.165) is 49.4 Å². The number of benzene rings is 1. The second-order valence-corrected chi connectivity index (χ2v) is 8.27. The Kier molecular flexibility index (Phi) is 7.13. The molecule has 0 spiro atoms. The lowest BCUT2D eigenvalue weighted by atomic mass is 9.81. The van der Waals surface area contributed by atoms with E-state index in [-0.39, 0.29) is 23.7 Å². The van der Waals surface area contributed by atoms with E-state index in [9.17, 15) is 9.59 Å². The molecular weight excluding hydrogens is 380 g/mol. The molecule has 1 heterocycles. The van der Waals surface area contributed by atoms with Gasteiger partial charge in [0.25, 0.3) is 5.91 Å². The maximum absolute atomic E-state index is 12.4. The van der Waals surface area contributed by atoms with Gasteiger partial charge in [-0.1, -0.05) is 13.8 Å². The predicted octanol–water partition coefficient (Wildman–Crippen LogP) is 3.49. The van der Waals surface area contributed by atoms with E-state index in [1.165, 1.54) is 0 Å². The molecule has 30 heavy (non-hydrogen) atoms. The number of hydrogen-bond donors (Lipinski definition) is 3. The molecule has 2 amide bonds. The summed E-state index contributed by atoms with van der Waals surface area (Å²) in [5.74, 6) is 2.37. The second-order valence-electron chi connectivity index (χ2n) is 8.27. The predicted molar refractivity (Wildman–Crippen MR) is 117 cm³/mol. The van der Waals surface area contributed by atoms with Crippen LogP contribution in [0.4, 0.5) is 0 Å². The number of methoxy groups -OCH3 is 1. The van der Waals surface area contributed by atoms with Gasteiger partial charge in [0, 0.05) is 31.0 Å². The largest absolute Gasteiger partial charge is 0.497 e. The van der Waals surface area contributed by atoms with Crippen molar-refractivity contribution in [2.24, 2.45) is 11.8 Å². The van der Waals surface area contributed by atoms with Crippen molar-refractivity contribution in [3.63, 3.8) is 0 Å². The highest BCUT2D eigenvalue weighted by Gasteiger charge is 2.27. The number of amides is 2. The van der Waals surface area contributed by atoms with Gasteiger partial charge in [0.15, 0.2) is 0 Å². The number of nitrogens with one attached hydrogen (secondary N) is 3. The molecule has 0 unspecified atom stereocenters. The third-order valence-corrected chi connectivity index (χ3v) is 5.86. The van der Waals surface area contributed by atoms with Crippen molar-refractivity contribution >= 4 is 11.8 Å². The molecular formula is C23H32N4O3.